The number of nitriles is 1. The summed E-state index contributed by atoms with van der Waals surface area (Å²) in [6, 6.07) is 9.60. The lowest BCUT2D eigenvalue weighted by atomic mass is 9.95. The van der Waals surface area contributed by atoms with Gasteiger partial charge < -0.3 is 10.6 Å². The molecule has 3 aromatic rings. The highest BCUT2D eigenvalue weighted by Gasteiger charge is 2.41. The van der Waals surface area contributed by atoms with Crippen LogP contribution in [0.25, 0.3) is 11.1 Å². The molecule has 7 nitrogen and oxygen atoms in total. The second-order valence-electron chi connectivity index (χ2n) is 8.68. The number of hydrogen-bond acceptors (Lipinski definition) is 5. The molecular formula is C27H25F3N6O. The van der Waals surface area contributed by atoms with Gasteiger partial charge in [-0.1, -0.05) is 30.4 Å². The zero-order chi connectivity index (χ0) is 26.4. The van der Waals surface area contributed by atoms with E-state index in [0.29, 0.717) is 12.0 Å². The summed E-state index contributed by atoms with van der Waals surface area (Å²) in [5.74, 6) is -2.09. The molecule has 1 aliphatic carbocycles. The maximum Gasteiger partial charge on any atom is 0.396 e. The highest BCUT2D eigenvalue weighted by molar-refractivity contribution is 5.96. The molecule has 0 aliphatic heterocycles. The average molecular weight is 507 g/mol. The summed E-state index contributed by atoms with van der Waals surface area (Å²) in [6.45, 7) is -0.522. The fraction of sp³-hybridized carbons (Fsp3) is 0.259. The predicted octanol–water partition coefficient (Wildman–Crippen LogP) is 4.87. The molecule has 0 saturated heterocycles. The Morgan fingerprint density at radius 2 is 1.92 bits per heavy atom. The summed E-state index contributed by atoms with van der Waals surface area (Å²) in [6.07, 6.45) is 7.55. The normalized spacial score (nSPS) is 14.9. The Morgan fingerprint density at radius 3 is 2.49 bits per heavy atom. The highest BCUT2D eigenvalue weighted by atomic mass is 19.4. The van der Waals surface area contributed by atoms with Gasteiger partial charge >= 0.3 is 6.18 Å². The van der Waals surface area contributed by atoms with Crippen molar-refractivity contribution in [2.75, 3.05) is 11.9 Å². The maximum absolute atomic E-state index is 14.0. The van der Waals surface area contributed by atoms with Crippen molar-refractivity contribution >= 4 is 11.7 Å². The topological polar surface area (TPSA) is 95.6 Å². The van der Waals surface area contributed by atoms with E-state index in [2.05, 4.69) is 20.7 Å². The molecule has 2 heterocycles. The van der Waals surface area contributed by atoms with Gasteiger partial charge in [-0.2, -0.15) is 23.5 Å². The van der Waals surface area contributed by atoms with E-state index in [0.717, 1.165) is 17.5 Å². The second-order valence-corrected chi connectivity index (χ2v) is 8.68. The third kappa shape index (κ3) is 6.51. The van der Waals surface area contributed by atoms with Crippen molar-refractivity contribution in [3.63, 3.8) is 0 Å². The summed E-state index contributed by atoms with van der Waals surface area (Å²) < 4.78 is 43.5. The Bertz CT molecular complexity index is 1330. The third-order valence-corrected chi connectivity index (χ3v) is 6.04. The van der Waals surface area contributed by atoms with Gasteiger partial charge in [0.05, 0.1) is 23.7 Å². The molecule has 2 N–H and O–H groups in total. The van der Waals surface area contributed by atoms with Crippen LogP contribution < -0.4 is 10.6 Å². The fourth-order valence-corrected chi connectivity index (χ4v) is 4.07. The van der Waals surface area contributed by atoms with Crippen LogP contribution in [-0.4, -0.2) is 39.4 Å². The van der Waals surface area contributed by atoms with Crippen LogP contribution in [0.15, 0.2) is 78.8 Å². The van der Waals surface area contributed by atoms with E-state index >= 15 is 0 Å². The zero-order valence-electron chi connectivity index (χ0n) is 20.0. The number of halogens is 3. The molecule has 0 bridgehead atoms. The molecule has 0 radical (unpaired) electrons. The van der Waals surface area contributed by atoms with E-state index in [9.17, 15) is 18.0 Å². The molecule has 0 spiro atoms. The number of allylic oxidation sites excluding steroid dienone is 2. The van der Waals surface area contributed by atoms with E-state index in [1.54, 1.807) is 42.3 Å². The summed E-state index contributed by atoms with van der Waals surface area (Å²) in [7, 11) is 1.80. The number of hydrogen-bond donors (Lipinski definition) is 2. The first-order chi connectivity index (χ1) is 17.7. The van der Waals surface area contributed by atoms with Gasteiger partial charge in [-0.05, 0) is 48.2 Å². The van der Waals surface area contributed by atoms with Crippen LogP contribution in [0.5, 0.6) is 0 Å². The van der Waals surface area contributed by atoms with Crippen molar-refractivity contribution in [3.05, 3.63) is 89.9 Å². The Morgan fingerprint density at radius 1 is 1.14 bits per heavy atom. The van der Waals surface area contributed by atoms with Crippen LogP contribution >= 0.6 is 0 Å². The number of pyridine rings is 1. The molecular weight excluding hydrogens is 481 g/mol. The number of amides is 1. The van der Waals surface area contributed by atoms with E-state index in [1.165, 1.54) is 24.3 Å². The smallest absolute Gasteiger partial charge is 0.309 e. The van der Waals surface area contributed by atoms with Crippen molar-refractivity contribution in [1.82, 2.24) is 20.1 Å². The molecule has 0 fully saturated rings. The summed E-state index contributed by atoms with van der Waals surface area (Å²) in [5.41, 5.74) is 2.56. The lowest BCUT2D eigenvalue weighted by molar-refractivity contribution is -0.150. The number of nitrogens with one attached hydrogen (secondary N) is 2. The van der Waals surface area contributed by atoms with Gasteiger partial charge in [0.15, 0.2) is 0 Å². The number of anilines is 1. The van der Waals surface area contributed by atoms with Crippen molar-refractivity contribution in [1.29, 1.82) is 5.26 Å². The van der Waals surface area contributed by atoms with E-state index in [1.807, 2.05) is 24.4 Å². The van der Waals surface area contributed by atoms with Gasteiger partial charge in [0, 0.05) is 37.1 Å². The van der Waals surface area contributed by atoms with Gasteiger partial charge in [-0.15, -0.1) is 0 Å². The molecule has 2 aromatic heterocycles. The van der Waals surface area contributed by atoms with Gasteiger partial charge in [-0.25, -0.2) is 4.98 Å². The monoisotopic (exact) mass is 506 g/mol. The van der Waals surface area contributed by atoms with Crippen LogP contribution in [0.3, 0.4) is 0 Å². The lowest BCUT2D eigenvalue weighted by Gasteiger charge is -2.26. The number of alkyl halides is 3. The maximum atomic E-state index is 14.0. The SMILES string of the molecule is Cn1cc(-c2ccc(NC(=O)C(NCC(c3ccc(C#N)cc3)C(F)(F)F)C3=CCCC=C3)nc2)cn1. The summed E-state index contributed by atoms with van der Waals surface area (Å²) >= 11 is 0. The third-order valence-electron chi connectivity index (χ3n) is 6.04. The van der Waals surface area contributed by atoms with Gasteiger partial charge in [0.25, 0.3) is 0 Å². The minimum Gasteiger partial charge on any atom is -0.309 e. The number of benzene rings is 1. The molecule has 1 amide bonds. The number of aromatic nitrogens is 3. The molecule has 2 atom stereocenters. The quantitative estimate of drug-likeness (QED) is 0.454. The van der Waals surface area contributed by atoms with E-state index < -0.39 is 30.6 Å². The van der Waals surface area contributed by atoms with Crippen LogP contribution in [-0.2, 0) is 11.8 Å². The largest absolute Gasteiger partial charge is 0.396 e. The Labute approximate surface area is 212 Å². The molecule has 4 rings (SSSR count). The Balaban J connectivity index is 1.51. The lowest BCUT2D eigenvalue weighted by Crippen LogP contribution is -2.45. The number of carbonyl (C=O) groups excluding carboxylic acids is 1. The second kappa shape index (κ2) is 11.2. The number of rotatable bonds is 8. The van der Waals surface area contributed by atoms with Gasteiger partial charge in [0.1, 0.15) is 11.9 Å². The molecule has 1 aliphatic rings. The summed E-state index contributed by atoms with van der Waals surface area (Å²) in [5, 5.41) is 18.6. The minimum absolute atomic E-state index is 0.0129. The van der Waals surface area contributed by atoms with Crippen LogP contribution in [0.4, 0.5) is 19.0 Å². The summed E-state index contributed by atoms with van der Waals surface area (Å²) in [4.78, 5) is 17.5. The van der Waals surface area contributed by atoms with Crippen molar-refractivity contribution in [2.24, 2.45) is 7.05 Å². The van der Waals surface area contributed by atoms with Crippen molar-refractivity contribution in [2.45, 2.75) is 31.0 Å². The minimum atomic E-state index is -4.55. The molecule has 1 aromatic carbocycles. The molecule has 10 heteroatoms. The van der Waals surface area contributed by atoms with Crippen LogP contribution in [0.1, 0.15) is 29.9 Å². The number of nitrogens with zero attached hydrogens (tertiary/aromatic N) is 4. The standard InChI is InChI=1S/C27H25F3N6O/c1-36-17-22(15-34-36)21-11-12-24(32-14-21)35-26(37)25(20-5-3-2-4-6-20)33-16-23(27(28,29)30)19-9-7-18(13-31)8-10-19/h3,5-12,14-15,17,23,25,33H,2,4,16H2,1H3,(H,32,35,37). The average Bonchev–Trinajstić information content (AvgIpc) is 3.33. The van der Waals surface area contributed by atoms with E-state index in [4.69, 9.17) is 5.26 Å². The van der Waals surface area contributed by atoms with Gasteiger partial charge in [-0.3, -0.25) is 9.48 Å². The predicted molar refractivity (Wildman–Crippen MR) is 133 cm³/mol. The van der Waals surface area contributed by atoms with Crippen LogP contribution in [0, 0.1) is 11.3 Å². The fourth-order valence-electron chi connectivity index (χ4n) is 4.07. The first-order valence-corrected chi connectivity index (χ1v) is 11.7. The number of aryl methyl sites for hydroxylation is 1. The zero-order valence-corrected chi connectivity index (χ0v) is 20.0. The first-order valence-electron chi connectivity index (χ1n) is 11.7. The Kier molecular flexibility index (Phi) is 7.84. The molecule has 2 unspecified atom stereocenters. The molecule has 0 saturated carbocycles. The van der Waals surface area contributed by atoms with E-state index in [-0.39, 0.29) is 16.9 Å². The van der Waals surface area contributed by atoms with Crippen molar-refractivity contribution < 1.29 is 18.0 Å². The first kappa shape index (κ1) is 25.9. The highest BCUT2D eigenvalue weighted by Crippen LogP contribution is 2.35. The number of carbonyl (C=O) groups is 1. The van der Waals surface area contributed by atoms with Gasteiger partial charge in [0.2, 0.25) is 5.91 Å². The molecule has 190 valence electrons. The van der Waals surface area contributed by atoms with Crippen molar-refractivity contribution in [3.8, 4) is 17.2 Å². The Hall–Kier alpha value is -4.23. The van der Waals surface area contributed by atoms with Crippen LogP contribution in [0.2, 0.25) is 0 Å². The molecule has 37 heavy (non-hydrogen) atoms.